The summed E-state index contributed by atoms with van der Waals surface area (Å²) in [5, 5.41) is 8.48. The van der Waals surface area contributed by atoms with Crippen molar-refractivity contribution in [1.29, 1.82) is 0 Å². The van der Waals surface area contributed by atoms with Gasteiger partial charge in [-0.25, -0.2) is 9.67 Å². The molecule has 1 aliphatic rings. The minimum Gasteiger partial charge on any atom is -0.307 e. The van der Waals surface area contributed by atoms with E-state index in [1.165, 1.54) is 0 Å². The largest absolute Gasteiger partial charge is 0.307 e. The van der Waals surface area contributed by atoms with Crippen molar-refractivity contribution < 1.29 is 4.79 Å². The first-order valence-electron chi connectivity index (χ1n) is 9.85. The van der Waals surface area contributed by atoms with Gasteiger partial charge in [0, 0.05) is 23.6 Å². The SMILES string of the molecule is CN1CCC(n2nccc2NC(=O)c2ccc(CSc3ccccn3)cc2)CC1. The number of anilines is 1. The number of rotatable bonds is 6. The standard InChI is InChI=1S/C22H25N5OS/c1-26-14-10-19(11-15-26)27-20(9-13-24-27)25-22(28)18-7-5-17(6-8-18)16-29-21-4-2-3-12-23-21/h2-9,12-13,19H,10-11,14-16H2,1H3,(H,25,28). The van der Waals surface area contributed by atoms with Crippen molar-refractivity contribution in [1.82, 2.24) is 19.7 Å². The third-order valence-corrected chi connectivity index (χ3v) is 6.20. The molecular formula is C22H25N5OS. The van der Waals surface area contributed by atoms with Crippen LogP contribution in [0, 0.1) is 0 Å². The number of carbonyl (C=O) groups is 1. The molecule has 1 saturated heterocycles. The molecule has 1 amide bonds. The summed E-state index contributed by atoms with van der Waals surface area (Å²) in [6, 6.07) is 15.9. The van der Waals surface area contributed by atoms with Crippen molar-refractivity contribution in [2.24, 2.45) is 0 Å². The summed E-state index contributed by atoms with van der Waals surface area (Å²) in [6.07, 6.45) is 5.64. The zero-order valence-corrected chi connectivity index (χ0v) is 17.3. The van der Waals surface area contributed by atoms with E-state index in [9.17, 15) is 4.79 Å². The molecule has 6 nitrogen and oxygen atoms in total. The van der Waals surface area contributed by atoms with Crippen molar-refractivity contribution in [3.05, 3.63) is 72.1 Å². The number of benzene rings is 1. The zero-order valence-electron chi connectivity index (χ0n) is 16.5. The predicted molar refractivity (Wildman–Crippen MR) is 116 cm³/mol. The number of thioether (sulfide) groups is 1. The van der Waals surface area contributed by atoms with Crippen LogP contribution < -0.4 is 5.32 Å². The number of hydrogen-bond donors (Lipinski definition) is 1. The van der Waals surface area contributed by atoms with Crippen molar-refractivity contribution in [2.45, 2.75) is 29.7 Å². The van der Waals surface area contributed by atoms with Crippen LogP contribution in [0.25, 0.3) is 0 Å². The number of hydrogen-bond acceptors (Lipinski definition) is 5. The third-order valence-electron chi connectivity index (χ3n) is 5.19. The van der Waals surface area contributed by atoms with E-state index in [1.54, 1.807) is 24.2 Å². The highest BCUT2D eigenvalue weighted by Crippen LogP contribution is 2.25. The summed E-state index contributed by atoms with van der Waals surface area (Å²) in [4.78, 5) is 19.4. The lowest BCUT2D eigenvalue weighted by molar-refractivity contribution is 0.102. The molecule has 3 heterocycles. The Morgan fingerprint density at radius 2 is 1.90 bits per heavy atom. The molecule has 0 bridgehead atoms. The second-order valence-corrected chi connectivity index (χ2v) is 8.30. The zero-order chi connectivity index (χ0) is 20.1. The van der Waals surface area contributed by atoms with Crippen LogP contribution in [0.15, 0.2) is 66.0 Å². The lowest BCUT2D eigenvalue weighted by atomic mass is 10.1. The summed E-state index contributed by atoms with van der Waals surface area (Å²) in [7, 11) is 2.14. The van der Waals surface area contributed by atoms with E-state index in [0.717, 1.165) is 48.1 Å². The van der Waals surface area contributed by atoms with E-state index < -0.39 is 0 Å². The topological polar surface area (TPSA) is 63.1 Å². The molecule has 4 rings (SSSR count). The average molecular weight is 408 g/mol. The second kappa shape index (κ2) is 9.24. The molecule has 0 aliphatic carbocycles. The molecular weight excluding hydrogens is 382 g/mol. The van der Waals surface area contributed by atoms with Gasteiger partial charge in [-0.1, -0.05) is 18.2 Å². The van der Waals surface area contributed by atoms with Gasteiger partial charge in [0.05, 0.1) is 17.3 Å². The Morgan fingerprint density at radius 3 is 2.62 bits per heavy atom. The molecule has 0 saturated carbocycles. The molecule has 0 radical (unpaired) electrons. The van der Waals surface area contributed by atoms with Gasteiger partial charge in [0.1, 0.15) is 5.82 Å². The summed E-state index contributed by atoms with van der Waals surface area (Å²) in [5.74, 6) is 1.48. The molecule has 1 N–H and O–H groups in total. The molecule has 3 aromatic rings. The molecule has 150 valence electrons. The highest BCUT2D eigenvalue weighted by atomic mass is 32.2. The van der Waals surface area contributed by atoms with Crippen LogP contribution >= 0.6 is 11.8 Å². The summed E-state index contributed by atoms with van der Waals surface area (Å²) in [5.41, 5.74) is 1.81. The Balaban J connectivity index is 1.36. The highest BCUT2D eigenvalue weighted by Gasteiger charge is 2.21. The maximum Gasteiger partial charge on any atom is 0.256 e. The highest BCUT2D eigenvalue weighted by molar-refractivity contribution is 7.98. The van der Waals surface area contributed by atoms with Gasteiger partial charge in [-0.2, -0.15) is 5.10 Å². The smallest absolute Gasteiger partial charge is 0.256 e. The Kier molecular flexibility index (Phi) is 6.27. The first-order valence-corrected chi connectivity index (χ1v) is 10.8. The van der Waals surface area contributed by atoms with Crippen LogP contribution in [0.5, 0.6) is 0 Å². The van der Waals surface area contributed by atoms with Gasteiger partial charge >= 0.3 is 0 Å². The van der Waals surface area contributed by atoms with Crippen molar-refractivity contribution in [2.75, 3.05) is 25.5 Å². The number of piperidine rings is 1. The predicted octanol–water partition coefficient (Wildman–Crippen LogP) is 4.09. The van der Waals surface area contributed by atoms with Gasteiger partial charge in [0.2, 0.25) is 0 Å². The molecule has 1 aromatic carbocycles. The fraction of sp³-hybridized carbons (Fsp3) is 0.318. The van der Waals surface area contributed by atoms with Crippen LogP contribution in [-0.4, -0.2) is 45.7 Å². The van der Waals surface area contributed by atoms with Gasteiger partial charge in [-0.15, -0.1) is 11.8 Å². The molecule has 1 fully saturated rings. The fourth-order valence-corrected chi connectivity index (χ4v) is 4.29. The lowest BCUT2D eigenvalue weighted by Gasteiger charge is -2.30. The molecule has 1 aliphatic heterocycles. The lowest BCUT2D eigenvalue weighted by Crippen LogP contribution is -2.32. The van der Waals surface area contributed by atoms with E-state index in [0.29, 0.717) is 11.6 Å². The van der Waals surface area contributed by atoms with E-state index in [4.69, 9.17) is 0 Å². The molecule has 0 unspecified atom stereocenters. The number of nitrogens with zero attached hydrogens (tertiary/aromatic N) is 4. The normalized spacial score (nSPS) is 15.3. The van der Waals surface area contributed by atoms with Gasteiger partial charge in [-0.05, 0) is 62.8 Å². The quantitative estimate of drug-likeness (QED) is 0.624. The van der Waals surface area contributed by atoms with Gasteiger partial charge < -0.3 is 10.2 Å². The van der Waals surface area contributed by atoms with Crippen LogP contribution in [-0.2, 0) is 5.75 Å². The first-order chi connectivity index (χ1) is 14.2. The van der Waals surface area contributed by atoms with Gasteiger partial charge in [-0.3, -0.25) is 4.79 Å². The van der Waals surface area contributed by atoms with E-state index in [1.807, 2.05) is 53.2 Å². The molecule has 0 atom stereocenters. The number of pyridine rings is 1. The number of nitrogens with one attached hydrogen (secondary N) is 1. The minimum atomic E-state index is -0.108. The summed E-state index contributed by atoms with van der Waals surface area (Å²) < 4.78 is 1.96. The minimum absolute atomic E-state index is 0.108. The molecule has 2 aromatic heterocycles. The summed E-state index contributed by atoms with van der Waals surface area (Å²) in [6.45, 7) is 2.10. The van der Waals surface area contributed by atoms with Gasteiger partial charge in [0.25, 0.3) is 5.91 Å². The van der Waals surface area contributed by atoms with Crippen LogP contribution in [0.3, 0.4) is 0 Å². The average Bonchev–Trinajstić information content (AvgIpc) is 3.22. The van der Waals surface area contributed by atoms with Crippen LogP contribution in [0.2, 0.25) is 0 Å². The van der Waals surface area contributed by atoms with E-state index in [-0.39, 0.29) is 5.91 Å². The Labute approximate surface area is 175 Å². The molecule has 29 heavy (non-hydrogen) atoms. The van der Waals surface area contributed by atoms with Crippen molar-refractivity contribution >= 4 is 23.5 Å². The molecule has 7 heteroatoms. The summed E-state index contributed by atoms with van der Waals surface area (Å²) >= 11 is 1.68. The van der Waals surface area contributed by atoms with Crippen LogP contribution in [0.4, 0.5) is 5.82 Å². The van der Waals surface area contributed by atoms with Gasteiger partial charge in [0.15, 0.2) is 0 Å². The van der Waals surface area contributed by atoms with E-state index >= 15 is 0 Å². The monoisotopic (exact) mass is 407 g/mol. The van der Waals surface area contributed by atoms with E-state index in [2.05, 4.69) is 27.3 Å². The number of aromatic nitrogens is 3. The maximum atomic E-state index is 12.7. The van der Waals surface area contributed by atoms with Crippen molar-refractivity contribution in [3.63, 3.8) is 0 Å². The first kappa shape index (κ1) is 19.7. The Hall–Kier alpha value is -2.64. The second-order valence-electron chi connectivity index (χ2n) is 7.30. The van der Waals surface area contributed by atoms with Crippen molar-refractivity contribution in [3.8, 4) is 0 Å². The molecule has 0 spiro atoms. The third kappa shape index (κ3) is 5.05. The number of likely N-dealkylation sites (tertiary alicyclic amines) is 1. The Morgan fingerprint density at radius 1 is 1.10 bits per heavy atom. The maximum absolute atomic E-state index is 12.7. The number of carbonyl (C=O) groups excluding carboxylic acids is 1. The van der Waals surface area contributed by atoms with Crippen LogP contribution in [0.1, 0.15) is 34.8 Å². The number of amides is 1. The fourth-order valence-electron chi connectivity index (χ4n) is 3.47. The Bertz CT molecular complexity index is 933.